The zero-order valence-electron chi connectivity index (χ0n) is 11.9. The number of aromatic amines is 1. The van der Waals surface area contributed by atoms with Gasteiger partial charge >= 0.3 is 5.97 Å². The first-order chi connectivity index (χ1) is 10.6. The fourth-order valence-corrected chi connectivity index (χ4v) is 2.88. The molecule has 22 heavy (non-hydrogen) atoms. The Kier molecular flexibility index (Phi) is 2.63. The molecule has 3 aromatic rings. The Hall–Kier alpha value is -2.95. The summed E-state index contributed by atoms with van der Waals surface area (Å²) in [5.41, 5.74) is 5.29. The van der Waals surface area contributed by atoms with Gasteiger partial charge in [-0.1, -0.05) is 24.3 Å². The summed E-state index contributed by atoms with van der Waals surface area (Å²) in [6.45, 7) is 2.50. The molecule has 108 valence electrons. The first-order valence-corrected chi connectivity index (χ1v) is 7.00. The van der Waals surface area contributed by atoms with Crippen molar-refractivity contribution in [2.75, 3.05) is 0 Å². The largest absolute Gasteiger partial charge is 0.478 e. The smallest absolute Gasteiger partial charge is 0.337 e. The predicted octanol–water partition coefficient (Wildman–Crippen LogP) is 2.92. The van der Waals surface area contributed by atoms with Crippen molar-refractivity contribution in [2.45, 2.75) is 13.5 Å². The third-order valence-electron chi connectivity index (χ3n) is 3.87. The molecule has 0 amide bonds. The number of carbonyl (C=O) groups is 1. The highest BCUT2D eigenvalue weighted by Crippen LogP contribution is 2.25. The SMILES string of the molecule is Cc1cc(C(=O)O)c2nc(C3=NCc4ccccc43)[nH]c2c1. The molecule has 1 aliphatic rings. The van der Waals surface area contributed by atoms with Crippen LogP contribution in [0.25, 0.3) is 11.0 Å². The lowest BCUT2D eigenvalue weighted by molar-refractivity contribution is 0.0698. The van der Waals surface area contributed by atoms with Crippen molar-refractivity contribution >= 4 is 22.7 Å². The van der Waals surface area contributed by atoms with Crippen LogP contribution in [0.15, 0.2) is 41.4 Å². The maximum absolute atomic E-state index is 11.4. The summed E-state index contributed by atoms with van der Waals surface area (Å²) in [7, 11) is 0. The average Bonchev–Trinajstić information content (AvgIpc) is 3.09. The Morgan fingerprint density at radius 3 is 2.91 bits per heavy atom. The van der Waals surface area contributed by atoms with Crippen molar-refractivity contribution in [1.29, 1.82) is 0 Å². The molecule has 2 heterocycles. The van der Waals surface area contributed by atoms with Crippen molar-refractivity contribution in [3.63, 3.8) is 0 Å². The average molecular weight is 291 g/mol. The summed E-state index contributed by atoms with van der Waals surface area (Å²) in [5, 5.41) is 9.36. The van der Waals surface area contributed by atoms with E-state index in [2.05, 4.69) is 15.0 Å². The number of fused-ring (bicyclic) bond motifs is 2. The number of aryl methyl sites for hydroxylation is 1. The number of aliphatic imine (C=N–C) groups is 1. The van der Waals surface area contributed by atoms with Gasteiger partial charge in [-0.3, -0.25) is 4.99 Å². The predicted molar refractivity (Wildman–Crippen MR) is 83.6 cm³/mol. The number of imidazole rings is 1. The van der Waals surface area contributed by atoms with E-state index >= 15 is 0 Å². The van der Waals surface area contributed by atoms with Crippen LogP contribution >= 0.6 is 0 Å². The number of carboxylic acid groups (broad SMARTS) is 1. The van der Waals surface area contributed by atoms with Crippen LogP contribution in [-0.4, -0.2) is 26.8 Å². The van der Waals surface area contributed by atoms with Crippen molar-refractivity contribution in [1.82, 2.24) is 9.97 Å². The van der Waals surface area contributed by atoms with E-state index in [4.69, 9.17) is 0 Å². The van der Waals surface area contributed by atoms with Crippen molar-refractivity contribution in [3.8, 4) is 0 Å². The molecule has 4 rings (SSSR count). The monoisotopic (exact) mass is 291 g/mol. The molecule has 5 nitrogen and oxygen atoms in total. The number of nitrogens with one attached hydrogen (secondary N) is 1. The third kappa shape index (κ3) is 1.83. The van der Waals surface area contributed by atoms with Gasteiger partial charge < -0.3 is 10.1 Å². The number of hydrogen-bond acceptors (Lipinski definition) is 3. The molecule has 0 spiro atoms. The van der Waals surface area contributed by atoms with E-state index in [0.29, 0.717) is 17.9 Å². The Bertz CT molecular complexity index is 954. The van der Waals surface area contributed by atoms with Gasteiger partial charge in [-0.05, 0) is 30.2 Å². The van der Waals surface area contributed by atoms with E-state index in [9.17, 15) is 9.90 Å². The standard InChI is InChI=1S/C17H13N3O2/c1-9-6-12(17(21)22)14-13(7-9)19-16(20-14)15-11-5-3-2-4-10(11)8-18-15/h2-7H,8H2,1H3,(H,19,20)(H,21,22). The Balaban J connectivity index is 1.92. The second-order valence-corrected chi connectivity index (χ2v) is 5.42. The highest BCUT2D eigenvalue weighted by atomic mass is 16.4. The lowest BCUT2D eigenvalue weighted by atomic mass is 10.1. The minimum atomic E-state index is -0.972. The van der Waals surface area contributed by atoms with Crippen molar-refractivity contribution in [3.05, 3.63) is 64.5 Å². The van der Waals surface area contributed by atoms with Gasteiger partial charge in [0.05, 0.1) is 17.6 Å². The molecule has 0 unspecified atom stereocenters. The number of aromatic carboxylic acids is 1. The first kappa shape index (κ1) is 12.8. The number of H-pyrrole nitrogens is 1. The third-order valence-corrected chi connectivity index (χ3v) is 3.87. The summed E-state index contributed by atoms with van der Waals surface area (Å²) in [5.74, 6) is -0.353. The number of carboxylic acids is 1. The molecule has 0 bridgehead atoms. The molecule has 2 aromatic carbocycles. The van der Waals surface area contributed by atoms with Crippen LogP contribution in [0.5, 0.6) is 0 Å². The molecule has 0 fully saturated rings. The van der Waals surface area contributed by atoms with Gasteiger partial charge in [0.1, 0.15) is 11.2 Å². The number of hydrogen-bond donors (Lipinski definition) is 2. The summed E-state index contributed by atoms with van der Waals surface area (Å²) in [6.07, 6.45) is 0. The van der Waals surface area contributed by atoms with Crippen LogP contribution in [0, 0.1) is 6.92 Å². The molecule has 0 radical (unpaired) electrons. The topological polar surface area (TPSA) is 78.3 Å². The fraction of sp³-hybridized carbons (Fsp3) is 0.118. The maximum atomic E-state index is 11.4. The van der Waals surface area contributed by atoms with Gasteiger partial charge in [0.2, 0.25) is 0 Å². The van der Waals surface area contributed by atoms with E-state index < -0.39 is 5.97 Å². The van der Waals surface area contributed by atoms with Crippen LogP contribution in [0.1, 0.15) is 32.9 Å². The molecule has 5 heteroatoms. The molecule has 0 saturated carbocycles. The van der Waals surface area contributed by atoms with Gasteiger partial charge in [0.25, 0.3) is 0 Å². The highest BCUT2D eigenvalue weighted by molar-refractivity contribution is 6.14. The molecular formula is C17H13N3O2. The second-order valence-electron chi connectivity index (χ2n) is 5.42. The van der Waals surface area contributed by atoms with E-state index in [1.54, 1.807) is 6.07 Å². The zero-order valence-corrected chi connectivity index (χ0v) is 11.9. The minimum absolute atomic E-state index is 0.212. The van der Waals surface area contributed by atoms with Crippen LogP contribution < -0.4 is 0 Å². The number of benzene rings is 2. The lowest BCUT2D eigenvalue weighted by Gasteiger charge is -1.99. The van der Waals surface area contributed by atoms with Gasteiger partial charge in [-0.2, -0.15) is 0 Å². The van der Waals surface area contributed by atoms with Crippen LogP contribution in [0.3, 0.4) is 0 Å². The molecule has 2 N–H and O–H groups in total. The molecule has 0 saturated heterocycles. The van der Waals surface area contributed by atoms with E-state index in [0.717, 1.165) is 27.9 Å². The maximum Gasteiger partial charge on any atom is 0.337 e. The number of rotatable bonds is 2. The molecule has 1 aliphatic heterocycles. The van der Waals surface area contributed by atoms with E-state index in [-0.39, 0.29) is 5.56 Å². The van der Waals surface area contributed by atoms with Gasteiger partial charge in [-0.25, -0.2) is 9.78 Å². The zero-order chi connectivity index (χ0) is 15.3. The Labute approximate surface area is 126 Å². The van der Waals surface area contributed by atoms with Crippen LogP contribution in [0.4, 0.5) is 0 Å². The molecule has 0 atom stereocenters. The van der Waals surface area contributed by atoms with E-state index in [1.165, 1.54) is 0 Å². The van der Waals surface area contributed by atoms with Crippen LogP contribution in [-0.2, 0) is 6.54 Å². The van der Waals surface area contributed by atoms with Crippen LogP contribution in [0.2, 0.25) is 0 Å². The van der Waals surface area contributed by atoms with Gasteiger partial charge in [-0.15, -0.1) is 0 Å². The Morgan fingerprint density at radius 1 is 1.27 bits per heavy atom. The summed E-state index contributed by atoms with van der Waals surface area (Å²) >= 11 is 0. The lowest BCUT2D eigenvalue weighted by Crippen LogP contribution is -2.03. The normalized spacial score (nSPS) is 13.2. The first-order valence-electron chi connectivity index (χ1n) is 7.00. The van der Waals surface area contributed by atoms with E-state index in [1.807, 2.05) is 37.3 Å². The molecule has 1 aromatic heterocycles. The van der Waals surface area contributed by atoms with Crippen molar-refractivity contribution in [2.24, 2.45) is 4.99 Å². The fourth-order valence-electron chi connectivity index (χ4n) is 2.88. The quantitative estimate of drug-likeness (QED) is 0.762. The van der Waals surface area contributed by atoms with Crippen molar-refractivity contribution < 1.29 is 9.90 Å². The summed E-state index contributed by atoms with van der Waals surface area (Å²) in [4.78, 5) is 23.7. The van der Waals surface area contributed by atoms with Gasteiger partial charge in [0, 0.05) is 5.56 Å². The summed E-state index contributed by atoms with van der Waals surface area (Å²) in [6, 6.07) is 11.6. The Morgan fingerprint density at radius 2 is 2.09 bits per heavy atom. The second kappa shape index (κ2) is 4.53. The minimum Gasteiger partial charge on any atom is -0.478 e. The van der Waals surface area contributed by atoms with Gasteiger partial charge in [0.15, 0.2) is 5.82 Å². The summed E-state index contributed by atoms with van der Waals surface area (Å²) < 4.78 is 0. The number of nitrogens with zero attached hydrogens (tertiary/aromatic N) is 2. The molecular weight excluding hydrogens is 278 g/mol. The molecule has 0 aliphatic carbocycles. The highest BCUT2D eigenvalue weighted by Gasteiger charge is 2.21. The number of aromatic nitrogens is 2.